The molecule has 0 aliphatic heterocycles. The van der Waals surface area contributed by atoms with Crippen molar-refractivity contribution in [1.82, 2.24) is 0 Å². The number of nitro benzene ring substituents is 2. The van der Waals surface area contributed by atoms with Crippen LogP contribution in [0, 0.1) is 20.2 Å². The van der Waals surface area contributed by atoms with Gasteiger partial charge in [-0.3, -0.25) is 20.2 Å². The number of carbonyl (C=O) groups is 1. The third-order valence-corrected chi connectivity index (χ3v) is 2.75. The Kier molecular flexibility index (Phi) is 4.72. The minimum absolute atomic E-state index is 0.0566. The summed E-state index contributed by atoms with van der Waals surface area (Å²) in [6.07, 6.45) is 1.02. The second-order valence-corrected chi connectivity index (χ2v) is 4.24. The van der Waals surface area contributed by atoms with Crippen molar-refractivity contribution < 1.29 is 19.5 Å². The highest BCUT2D eigenvalue weighted by molar-refractivity contribution is 5.91. The highest BCUT2D eigenvalue weighted by atomic mass is 16.7. The molecule has 0 saturated heterocycles. The summed E-state index contributed by atoms with van der Waals surface area (Å²) in [5, 5.41) is 24.8. The van der Waals surface area contributed by atoms with Gasteiger partial charge in [-0.25, -0.2) is 4.79 Å². The summed E-state index contributed by atoms with van der Waals surface area (Å²) in [4.78, 5) is 36.5. The maximum Gasteiger partial charge on any atom is 0.365 e. The summed E-state index contributed by atoms with van der Waals surface area (Å²) in [6, 6.07) is 10.7. The molecule has 2 rings (SSSR count). The summed E-state index contributed by atoms with van der Waals surface area (Å²) in [6.45, 7) is 0. The van der Waals surface area contributed by atoms with Gasteiger partial charge in [-0.15, -0.1) is 0 Å². The van der Waals surface area contributed by atoms with Gasteiger partial charge in [-0.05, 0) is 12.1 Å². The van der Waals surface area contributed by atoms with Gasteiger partial charge in [0.2, 0.25) is 0 Å². The van der Waals surface area contributed by atoms with Gasteiger partial charge in [0.15, 0.2) is 0 Å². The number of non-ortho nitro benzene ring substituents is 1. The van der Waals surface area contributed by atoms with E-state index in [0.29, 0.717) is 0 Å². The van der Waals surface area contributed by atoms with Crippen LogP contribution in [0.5, 0.6) is 0 Å². The fourth-order valence-electron chi connectivity index (χ4n) is 1.69. The van der Waals surface area contributed by atoms with Gasteiger partial charge in [0, 0.05) is 18.2 Å². The van der Waals surface area contributed by atoms with Crippen LogP contribution in [0.25, 0.3) is 0 Å². The first kappa shape index (κ1) is 15.8. The van der Waals surface area contributed by atoms with E-state index < -0.39 is 15.8 Å². The van der Waals surface area contributed by atoms with Gasteiger partial charge in [0.05, 0.1) is 27.2 Å². The van der Waals surface area contributed by atoms with E-state index >= 15 is 0 Å². The molecule has 2 aromatic rings. The van der Waals surface area contributed by atoms with Crippen LogP contribution in [0.2, 0.25) is 0 Å². The first-order valence-electron chi connectivity index (χ1n) is 6.21. The molecule has 0 bridgehead atoms. The van der Waals surface area contributed by atoms with Gasteiger partial charge in [0.1, 0.15) is 0 Å². The first-order chi connectivity index (χ1) is 11.0. The lowest BCUT2D eigenvalue weighted by atomic mass is 10.2. The molecular weight excluding hydrogens is 306 g/mol. The molecule has 0 aliphatic carbocycles. The number of nitrogens with zero attached hydrogens (tertiary/aromatic N) is 3. The first-order valence-corrected chi connectivity index (χ1v) is 6.21. The number of hydrogen-bond donors (Lipinski definition) is 0. The van der Waals surface area contributed by atoms with E-state index in [9.17, 15) is 25.0 Å². The maximum absolute atomic E-state index is 11.7. The standard InChI is InChI=1S/C14H9N3O6/c18-14(10-5-3-6-12(8-10)16(19)20)23-15-9-11-4-1-2-7-13(11)17(21)22/h1-9H. The average molecular weight is 315 g/mol. The maximum atomic E-state index is 11.7. The fourth-order valence-corrected chi connectivity index (χ4v) is 1.69. The van der Waals surface area contributed by atoms with Crippen LogP contribution in [0.15, 0.2) is 53.7 Å². The molecule has 9 heteroatoms. The second kappa shape index (κ2) is 6.89. The van der Waals surface area contributed by atoms with Crippen LogP contribution in [0.3, 0.4) is 0 Å². The van der Waals surface area contributed by atoms with Crippen molar-refractivity contribution in [3.63, 3.8) is 0 Å². The van der Waals surface area contributed by atoms with Crippen molar-refractivity contribution in [1.29, 1.82) is 0 Å². The summed E-state index contributed by atoms with van der Waals surface area (Å²) in [5.41, 5.74) is -0.354. The van der Waals surface area contributed by atoms with E-state index in [1.807, 2.05) is 0 Å². The SMILES string of the molecule is O=C(ON=Cc1ccccc1[N+](=O)[O-])c1cccc([N+](=O)[O-])c1. The van der Waals surface area contributed by atoms with E-state index in [-0.39, 0.29) is 22.5 Å². The van der Waals surface area contributed by atoms with E-state index in [1.54, 1.807) is 6.07 Å². The molecule has 0 spiro atoms. The zero-order chi connectivity index (χ0) is 16.8. The topological polar surface area (TPSA) is 125 Å². The largest absolute Gasteiger partial charge is 0.365 e. The Morgan fingerprint density at radius 1 is 1.04 bits per heavy atom. The van der Waals surface area contributed by atoms with Crippen LogP contribution in [0.4, 0.5) is 11.4 Å². The van der Waals surface area contributed by atoms with E-state index in [4.69, 9.17) is 0 Å². The lowest BCUT2D eigenvalue weighted by Gasteiger charge is -1.98. The van der Waals surface area contributed by atoms with Crippen molar-refractivity contribution in [2.75, 3.05) is 0 Å². The Labute approximate surface area is 129 Å². The molecule has 23 heavy (non-hydrogen) atoms. The molecular formula is C14H9N3O6. The van der Waals surface area contributed by atoms with E-state index in [2.05, 4.69) is 9.99 Å². The summed E-state index contributed by atoms with van der Waals surface area (Å²) < 4.78 is 0. The average Bonchev–Trinajstić information content (AvgIpc) is 2.55. The van der Waals surface area contributed by atoms with Crippen LogP contribution in [-0.2, 0) is 4.84 Å². The number of oxime groups is 1. The van der Waals surface area contributed by atoms with Crippen LogP contribution >= 0.6 is 0 Å². The summed E-state index contributed by atoms with van der Waals surface area (Å²) in [7, 11) is 0. The van der Waals surface area contributed by atoms with Gasteiger partial charge in [-0.2, -0.15) is 0 Å². The molecule has 0 radical (unpaired) electrons. The predicted molar refractivity (Wildman–Crippen MR) is 79.2 cm³/mol. The molecule has 116 valence electrons. The lowest BCUT2D eigenvalue weighted by Crippen LogP contribution is -2.02. The normalized spacial score (nSPS) is 10.4. The Bertz CT molecular complexity index is 803. The smallest absolute Gasteiger partial charge is 0.313 e. The van der Waals surface area contributed by atoms with Crippen molar-refractivity contribution >= 4 is 23.6 Å². The molecule has 0 heterocycles. The molecule has 0 fully saturated rings. The number of para-hydroxylation sites is 1. The zero-order valence-corrected chi connectivity index (χ0v) is 11.5. The van der Waals surface area contributed by atoms with Gasteiger partial charge >= 0.3 is 5.97 Å². The van der Waals surface area contributed by atoms with Crippen molar-refractivity contribution in [2.45, 2.75) is 0 Å². The molecule has 0 amide bonds. The molecule has 0 aromatic heterocycles. The van der Waals surface area contributed by atoms with E-state index in [0.717, 1.165) is 12.3 Å². The van der Waals surface area contributed by atoms with Crippen LogP contribution in [-0.4, -0.2) is 22.0 Å². The number of rotatable bonds is 5. The van der Waals surface area contributed by atoms with E-state index in [1.165, 1.54) is 36.4 Å². The highest BCUT2D eigenvalue weighted by Gasteiger charge is 2.13. The Morgan fingerprint density at radius 2 is 1.78 bits per heavy atom. The lowest BCUT2D eigenvalue weighted by molar-refractivity contribution is -0.385. The van der Waals surface area contributed by atoms with Crippen LogP contribution in [0.1, 0.15) is 15.9 Å². The molecule has 0 saturated carbocycles. The molecule has 0 aliphatic rings. The number of nitro groups is 2. The third-order valence-electron chi connectivity index (χ3n) is 2.75. The highest BCUT2D eigenvalue weighted by Crippen LogP contribution is 2.16. The van der Waals surface area contributed by atoms with Crippen LogP contribution < -0.4 is 0 Å². The zero-order valence-electron chi connectivity index (χ0n) is 11.5. The van der Waals surface area contributed by atoms with Crippen molar-refractivity contribution in [3.05, 3.63) is 79.9 Å². The Hall–Kier alpha value is -3.62. The van der Waals surface area contributed by atoms with Gasteiger partial charge in [0.25, 0.3) is 11.4 Å². The second-order valence-electron chi connectivity index (χ2n) is 4.24. The predicted octanol–water partition coefficient (Wildman–Crippen LogP) is 2.69. The molecule has 2 aromatic carbocycles. The third kappa shape index (κ3) is 3.94. The monoisotopic (exact) mass is 315 g/mol. The quantitative estimate of drug-likeness (QED) is 0.361. The molecule has 0 atom stereocenters. The van der Waals surface area contributed by atoms with Gasteiger partial charge < -0.3 is 4.84 Å². The van der Waals surface area contributed by atoms with Crippen molar-refractivity contribution in [3.8, 4) is 0 Å². The number of hydrogen-bond acceptors (Lipinski definition) is 7. The summed E-state index contributed by atoms with van der Waals surface area (Å²) >= 11 is 0. The minimum Gasteiger partial charge on any atom is -0.313 e. The van der Waals surface area contributed by atoms with Gasteiger partial charge in [-0.1, -0.05) is 23.4 Å². The fraction of sp³-hybridized carbons (Fsp3) is 0. The molecule has 0 N–H and O–H groups in total. The molecule has 9 nitrogen and oxygen atoms in total. The Morgan fingerprint density at radius 3 is 2.48 bits per heavy atom. The minimum atomic E-state index is -0.913. The summed E-state index contributed by atoms with van der Waals surface area (Å²) in [5.74, 6) is -0.913. The number of benzene rings is 2. The Balaban J connectivity index is 2.12. The van der Waals surface area contributed by atoms with Crippen molar-refractivity contribution in [2.24, 2.45) is 5.16 Å². The molecule has 0 unspecified atom stereocenters. The number of carbonyl (C=O) groups excluding carboxylic acids is 1.